The first-order valence-corrected chi connectivity index (χ1v) is 9.62. The number of fused-ring (bicyclic) bond motifs is 1. The summed E-state index contributed by atoms with van der Waals surface area (Å²) in [7, 11) is 1.97. The van der Waals surface area contributed by atoms with E-state index in [1.807, 2.05) is 30.8 Å². The monoisotopic (exact) mass is 369 g/mol. The molecule has 0 spiro atoms. The van der Waals surface area contributed by atoms with Gasteiger partial charge in [-0.05, 0) is 40.7 Å². The van der Waals surface area contributed by atoms with Crippen molar-refractivity contribution in [2.24, 2.45) is 12.0 Å². The molecule has 0 fully saturated rings. The van der Waals surface area contributed by atoms with Gasteiger partial charge in [0.2, 0.25) is 0 Å². The Morgan fingerprint density at radius 1 is 1.33 bits per heavy atom. The van der Waals surface area contributed by atoms with Crippen LogP contribution in [0.2, 0.25) is 0 Å². The summed E-state index contributed by atoms with van der Waals surface area (Å²) in [5.41, 5.74) is 4.33. The predicted molar refractivity (Wildman–Crippen MR) is 109 cm³/mol. The molecular weight excluding hydrogens is 338 g/mol. The van der Waals surface area contributed by atoms with Crippen LogP contribution in [0.1, 0.15) is 55.7 Å². The summed E-state index contributed by atoms with van der Waals surface area (Å²) >= 11 is 0. The maximum Gasteiger partial charge on any atom is 0.192 e. The van der Waals surface area contributed by atoms with E-state index in [0.717, 1.165) is 36.1 Å². The third-order valence-electron chi connectivity index (χ3n) is 5.09. The molecule has 2 heterocycles. The second-order valence-electron chi connectivity index (χ2n) is 7.77. The lowest BCUT2D eigenvalue weighted by Crippen LogP contribution is -2.45. The lowest BCUT2D eigenvalue weighted by atomic mass is 9.90. The molecule has 3 rings (SSSR count). The van der Waals surface area contributed by atoms with Gasteiger partial charge in [0.15, 0.2) is 5.96 Å². The van der Waals surface area contributed by atoms with Crippen molar-refractivity contribution in [2.75, 3.05) is 6.54 Å². The van der Waals surface area contributed by atoms with Gasteiger partial charge >= 0.3 is 0 Å². The Morgan fingerprint density at radius 3 is 2.74 bits per heavy atom. The zero-order chi connectivity index (χ0) is 19.6. The van der Waals surface area contributed by atoms with Gasteiger partial charge in [0.05, 0.1) is 18.3 Å². The third-order valence-corrected chi connectivity index (χ3v) is 5.09. The fourth-order valence-corrected chi connectivity index (χ4v) is 3.62. The van der Waals surface area contributed by atoms with Gasteiger partial charge in [-0.2, -0.15) is 5.10 Å². The Bertz CT molecular complexity index is 837. The van der Waals surface area contributed by atoms with Gasteiger partial charge in [0.25, 0.3) is 0 Å². The number of rotatable bonds is 4. The third kappa shape index (κ3) is 4.26. The average molecular weight is 370 g/mol. The van der Waals surface area contributed by atoms with Gasteiger partial charge in [-0.1, -0.05) is 18.2 Å². The lowest BCUT2D eigenvalue weighted by molar-refractivity contribution is 0.0694. The van der Waals surface area contributed by atoms with Crippen LogP contribution in [0.5, 0.6) is 5.75 Å². The molecule has 0 aliphatic carbocycles. The summed E-state index contributed by atoms with van der Waals surface area (Å²) in [6.45, 7) is 11.9. The molecule has 0 saturated heterocycles. The minimum Gasteiger partial charge on any atom is -0.487 e. The van der Waals surface area contributed by atoms with E-state index >= 15 is 0 Å². The zero-order valence-electron chi connectivity index (χ0n) is 17.3. The number of ether oxygens (including phenoxy) is 1. The number of aryl methyl sites for hydroxylation is 2. The topological polar surface area (TPSA) is 63.5 Å². The lowest BCUT2D eigenvalue weighted by Gasteiger charge is -2.38. The molecular formula is C21H31N5O. The highest BCUT2D eigenvalue weighted by Gasteiger charge is 2.33. The van der Waals surface area contributed by atoms with Crippen molar-refractivity contribution < 1.29 is 4.74 Å². The van der Waals surface area contributed by atoms with E-state index < -0.39 is 0 Å². The smallest absolute Gasteiger partial charge is 0.192 e. The van der Waals surface area contributed by atoms with Crippen molar-refractivity contribution in [1.82, 2.24) is 20.4 Å². The number of para-hydroxylation sites is 1. The van der Waals surface area contributed by atoms with Crippen LogP contribution >= 0.6 is 0 Å². The predicted octanol–water partition coefficient (Wildman–Crippen LogP) is 3.39. The average Bonchev–Trinajstić information content (AvgIpc) is 2.84. The molecule has 27 heavy (non-hydrogen) atoms. The van der Waals surface area contributed by atoms with Crippen LogP contribution in [0, 0.1) is 13.8 Å². The molecule has 1 aliphatic rings. The second-order valence-corrected chi connectivity index (χ2v) is 7.77. The van der Waals surface area contributed by atoms with Crippen molar-refractivity contribution in [3.63, 3.8) is 0 Å². The number of nitrogens with one attached hydrogen (secondary N) is 2. The Morgan fingerprint density at radius 2 is 2.07 bits per heavy atom. The van der Waals surface area contributed by atoms with Crippen LogP contribution in [-0.2, 0) is 13.6 Å². The molecule has 0 saturated carbocycles. The molecule has 0 amide bonds. The number of aromatic nitrogens is 2. The van der Waals surface area contributed by atoms with Crippen LogP contribution in [0.3, 0.4) is 0 Å². The summed E-state index contributed by atoms with van der Waals surface area (Å²) in [6.07, 6.45) is 0.874. The molecule has 1 aromatic carbocycles. The first-order chi connectivity index (χ1) is 12.8. The summed E-state index contributed by atoms with van der Waals surface area (Å²) in [6, 6.07) is 8.39. The van der Waals surface area contributed by atoms with Crippen LogP contribution < -0.4 is 15.4 Å². The first kappa shape index (κ1) is 19.3. The number of benzene rings is 1. The maximum atomic E-state index is 6.14. The minimum atomic E-state index is -0.222. The van der Waals surface area contributed by atoms with E-state index in [4.69, 9.17) is 9.73 Å². The zero-order valence-corrected chi connectivity index (χ0v) is 17.3. The Labute approximate surface area is 162 Å². The summed E-state index contributed by atoms with van der Waals surface area (Å²) in [5.74, 6) is 1.76. The van der Waals surface area contributed by atoms with Crippen molar-refractivity contribution >= 4 is 5.96 Å². The summed E-state index contributed by atoms with van der Waals surface area (Å²) in [5, 5.41) is 11.5. The number of nitrogens with zero attached hydrogens (tertiary/aromatic N) is 3. The Hall–Kier alpha value is -2.50. The van der Waals surface area contributed by atoms with E-state index in [2.05, 4.69) is 55.6 Å². The standard InChI is InChI=1S/C21H31N5O/c1-7-22-20(23-13-17-14(2)25-26(6)15(17)3)24-18-12-21(4,5)27-19-11-9-8-10-16(18)19/h8-11,18H,7,12-13H2,1-6H3,(H2,22,23,24). The number of hydrogen-bond donors (Lipinski definition) is 2. The molecule has 146 valence electrons. The van der Waals surface area contributed by atoms with Gasteiger partial charge in [-0.3, -0.25) is 4.68 Å². The van der Waals surface area contributed by atoms with Crippen LogP contribution in [-0.4, -0.2) is 27.9 Å². The molecule has 1 atom stereocenters. The molecule has 2 aromatic rings. The van der Waals surface area contributed by atoms with E-state index in [1.165, 1.54) is 11.1 Å². The first-order valence-electron chi connectivity index (χ1n) is 9.62. The van der Waals surface area contributed by atoms with Crippen LogP contribution in [0.4, 0.5) is 0 Å². The van der Waals surface area contributed by atoms with Crippen LogP contribution in [0.15, 0.2) is 29.3 Å². The molecule has 1 unspecified atom stereocenters. The maximum absolute atomic E-state index is 6.14. The van der Waals surface area contributed by atoms with Gasteiger partial charge < -0.3 is 15.4 Å². The van der Waals surface area contributed by atoms with Gasteiger partial charge in [0, 0.05) is 36.8 Å². The molecule has 6 nitrogen and oxygen atoms in total. The highest BCUT2D eigenvalue weighted by atomic mass is 16.5. The van der Waals surface area contributed by atoms with Gasteiger partial charge in [-0.25, -0.2) is 4.99 Å². The quantitative estimate of drug-likeness (QED) is 0.640. The highest BCUT2D eigenvalue weighted by molar-refractivity contribution is 5.80. The van der Waals surface area contributed by atoms with E-state index in [0.29, 0.717) is 6.54 Å². The van der Waals surface area contributed by atoms with Gasteiger partial charge in [0.1, 0.15) is 11.4 Å². The number of hydrogen-bond acceptors (Lipinski definition) is 3. The fourth-order valence-electron chi connectivity index (χ4n) is 3.62. The Balaban J connectivity index is 1.84. The molecule has 2 N–H and O–H groups in total. The fraction of sp³-hybridized carbons (Fsp3) is 0.524. The SMILES string of the molecule is CCNC(=NCc1c(C)nn(C)c1C)NC1CC(C)(C)Oc2ccccc21. The second kappa shape index (κ2) is 7.62. The highest BCUT2D eigenvalue weighted by Crippen LogP contribution is 2.39. The Kier molecular flexibility index (Phi) is 5.44. The van der Waals surface area contributed by atoms with Crippen molar-refractivity contribution in [3.05, 3.63) is 46.8 Å². The molecule has 1 aromatic heterocycles. The van der Waals surface area contributed by atoms with Crippen molar-refractivity contribution in [3.8, 4) is 5.75 Å². The van der Waals surface area contributed by atoms with Crippen molar-refractivity contribution in [1.29, 1.82) is 0 Å². The molecule has 6 heteroatoms. The normalized spacial score (nSPS) is 18.6. The summed E-state index contributed by atoms with van der Waals surface area (Å²) < 4.78 is 8.06. The minimum absolute atomic E-state index is 0.152. The van der Waals surface area contributed by atoms with Crippen LogP contribution in [0.25, 0.3) is 0 Å². The number of guanidine groups is 1. The van der Waals surface area contributed by atoms with Gasteiger partial charge in [-0.15, -0.1) is 0 Å². The van der Waals surface area contributed by atoms with E-state index in [9.17, 15) is 0 Å². The largest absolute Gasteiger partial charge is 0.487 e. The molecule has 0 radical (unpaired) electrons. The molecule has 1 aliphatic heterocycles. The molecule has 0 bridgehead atoms. The van der Waals surface area contributed by atoms with E-state index in [1.54, 1.807) is 0 Å². The summed E-state index contributed by atoms with van der Waals surface area (Å²) in [4.78, 5) is 4.83. The van der Waals surface area contributed by atoms with Crippen molar-refractivity contribution in [2.45, 2.75) is 59.2 Å². The number of aliphatic imine (C=N–C) groups is 1. The van der Waals surface area contributed by atoms with E-state index in [-0.39, 0.29) is 11.6 Å².